The van der Waals surface area contributed by atoms with Gasteiger partial charge in [0.15, 0.2) is 5.69 Å². The SMILES string of the molecule is CCN(CC)C(=O)c1cn([C@H]2CCCN(Cc3c(F)cccc3F)C2)nn1. The first-order chi connectivity index (χ1) is 13.0. The van der Waals surface area contributed by atoms with Crippen LogP contribution in [0.3, 0.4) is 0 Å². The van der Waals surface area contributed by atoms with Gasteiger partial charge in [0.25, 0.3) is 5.91 Å². The van der Waals surface area contributed by atoms with Gasteiger partial charge in [0, 0.05) is 31.7 Å². The fraction of sp³-hybridized carbons (Fsp3) is 0.526. The van der Waals surface area contributed by atoms with E-state index in [2.05, 4.69) is 10.3 Å². The normalized spacial score (nSPS) is 17.9. The van der Waals surface area contributed by atoms with E-state index in [1.807, 2.05) is 18.7 Å². The Morgan fingerprint density at radius 3 is 2.63 bits per heavy atom. The van der Waals surface area contributed by atoms with Crippen molar-refractivity contribution >= 4 is 5.91 Å². The number of carbonyl (C=O) groups is 1. The van der Waals surface area contributed by atoms with Gasteiger partial charge < -0.3 is 4.90 Å². The molecule has 1 aliphatic heterocycles. The Morgan fingerprint density at radius 2 is 1.96 bits per heavy atom. The zero-order valence-electron chi connectivity index (χ0n) is 15.7. The molecule has 0 radical (unpaired) electrons. The van der Waals surface area contributed by atoms with E-state index in [1.165, 1.54) is 18.2 Å². The highest BCUT2D eigenvalue weighted by molar-refractivity contribution is 5.91. The maximum atomic E-state index is 13.9. The molecule has 27 heavy (non-hydrogen) atoms. The van der Waals surface area contributed by atoms with E-state index in [1.54, 1.807) is 15.8 Å². The molecule has 6 nitrogen and oxygen atoms in total. The number of hydrogen-bond acceptors (Lipinski definition) is 4. The van der Waals surface area contributed by atoms with Gasteiger partial charge in [0.05, 0.1) is 12.2 Å². The van der Waals surface area contributed by atoms with Crippen LogP contribution in [0, 0.1) is 11.6 Å². The minimum Gasteiger partial charge on any atom is -0.338 e. The molecule has 2 aromatic rings. The number of benzene rings is 1. The molecule has 1 atom stereocenters. The highest BCUT2D eigenvalue weighted by atomic mass is 19.1. The molecule has 0 unspecified atom stereocenters. The van der Waals surface area contributed by atoms with Crippen molar-refractivity contribution in [3.8, 4) is 0 Å². The lowest BCUT2D eigenvalue weighted by atomic mass is 10.0. The second-order valence-electron chi connectivity index (χ2n) is 6.79. The summed E-state index contributed by atoms with van der Waals surface area (Å²) >= 11 is 0. The first-order valence-electron chi connectivity index (χ1n) is 9.39. The van der Waals surface area contributed by atoms with E-state index in [-0.39, 0.29) is 24.1 Å². The minimum atomic E-state index is -0.523. The molecule has 0 aliphatic carbocycles. The smallest absolute Gasteiger partial charge is 0.276 e. The van der Waals surface area contributed by atoms with Crippen molar-refractivity contribution < 1.29 is 13.6 Å². The average molecular weight is 377 g/mol. The van der Waals surface area contributed by atoms with Crippen LogP contribution < -0.4 is 0 Å². The van der Waals surface area contributed by atoms with Crippen LogP contribution in [0.2, 0.25) is 0 Å². The quantitative estimate of drug-likeness (QED) is 0.777. The molecular formula is C19H25F2N5O. The van der Waals surface area contributed by atoms with Crippen molar-refractivity contribution in [3.05, 3.63) is 47.3 Å². The molecule has 1 aliphatic rings. The molecule has 146 valence electrons. The van der Waals surface area contributed by atoms with Gasteiger partial charge in [-0.25, -0.2) is 13.5 Å². The zero-order valence-corrected chi connectivity index (χ0v) is 15.7. The lowest BCUT2D eigenvalue weighted by molar-refractivity contribution is 0.0767. The summed E-state index contributed by atoms with van der Waals surface area (Å²) in [7, 11) is 0. The fourth-order valence-corrected chi connectivity index (χ4v) is 3.52. The lowest BCUT2D eigenvalue weighted by Gasteiger charge is -2.32. The number of carbonyl (C=O) groups excluding carboxylic acids is 1. The first kappa shape index (κ1) is 19.4. The molecule has 1 fully saturated rings. The standard InChI is InChI=1S/C19H25F2N5O/c1-3-25(4-2)19(27)18-13-26(23-22-18)14-7-6-10-24(11-14)12-15-16(20)8-5-9-17(15)21/h5,8-9,13-14H,3-4,6-7,10-12H2,1-2H3/t14-/m0/s1. The van der Waals surface area contributed by atoms with Crippen molar-refractivity contribution in [3.63, 3.8) is 0 Å². The Morgan fingerprint density at radius 1 is 1.26 bits per heavy atom. The van der Waals surface area contributed by atoms with Crippen molar-refractivity contribution in [1.82, 2.24) is 24.8 Å². The van der Waals surface area contributed by atoms with Crippen LogP contribution in [0.5, 0.6) is 0 Å². The van der Waals surface area contributed by atoms with Crippen LogP contribution in [-0.2, 0) is 6.54 Å². The Bertz CT molecular complexity index is 770. The van der Waals surface area contributed by atoms with Gasteiger partial charge in [-0.2, -0.15) is 0 Å². The molecule has 0 N–H and O–H groups in total. The van der Waals surface area contributed by atoms with Gasteiger partial charge in [-0.05, 0) is 45.4 Å². The number of amides is 1. The van der Waals surface area contributed by atoms with Crippen molar-refractivity contribution in [2.24, 2.45) is 0 Å². The van der Waals surface area contributed by atoms with E-state index in [0.29, 0.717) is 25.3 Å². The summed E-state index contributed by atoms with van der Waals surface area (Å²) in [5, 5.41) is 8.16. The third kappa shape index (κ3) is 4.32. The zero-order chi connectivity index (χ0) is 19.4. The highest BCUT2D eigenvalue weighted by Gasteiger charge is 2.25. The summed E-state index contributed by atoms with van der Waals surface area (Å²) in [6.07, 6.45) is 3.46. The topological polar surface area (TPSA) is 54.3 Å². The second kappa shape index (κ2) is 8.56. The van der Waals surface area contributed by atoms with Crippen molar-refractivity contribution in [2.45, 2.75) is 39.3 Å². The molecule has 1 amide bonds. The maximum absolute atomic E-state index is 13.9. The van der Waals surface area contributed by atoms with E-state index < -0.39 is 11.6 Å². The number of halogens is 2. The van der Waals surface area contributed by atoms with Crippen LogP contribution in [-0.4, -0.2) is 56.9 Å². The molecule has 0 spiro atoms. The molecule has 3 rings (SSSR count). The molecule has 2 heterocycles. The largest absolute Gasteiger partial charge is 0.338 e. The van der Waals surface area contributed by atoms with Gasteiger partial charge in [-0.1, -0.05) is 11.3 Å². The maximum Gasteiger partial charge on any atom is 0.276 e. The predicted octanol–water partition coefficient (Wildman–Crippen LogP) is 2.88. The number of piperidine rings is 1. The summed E-state index contributed by atoms with van der Waals surface area (Å²) < 4.78 is 29.6. The summed E-state index contributed by atoms with van der Waals surface area (Å²) in [6, 6.07) is 3.96. The third-order valence-corrected chi connectivity index (χ3v) is 5.08. The minimum absolute atomic E-state index is 0.0272. The number of rotatable bonds is 6. The Labute approximate surface area is 157 Å². The van der Waals surface area contributed by atoms with Gasteiger partial charge >= 0.3 is 0 Å². The van der Waals surface area contributed by atoms with Gasteiger partial charge in [-0.3, -0.25) is 9.69 Å². The third-order valence-electron chi connectivity index (χ3n) is 5.08. The molecular weight excluding hydrogens is 352 g/mol. The van der Waals surface area contributed by atoms with Crippen LogP contribution in [0.25, 0.3) is 0 Å². The van der Waals surface area contributed by atoms with E-state index in [0.717, 1.165) is 19.4 Å². The Kier molecular flexibility index (Phi) is 6.15. The van der Waals surface area contributed by atoms with Crippen molar-refractivity contribution in [1.29, 1.82) is 0 Å². The monoisotopic (exact) mass is 377 g/mol. The molecule has 1 aromatic heterocycles. The van der Waals surface area contributed by atoms with Crippen LogP contribution in [0.15, 0.2) is 24.4 Å². The lowest BCUT2D eigenvalue weighted by Crippen LogP contribution is -2.36. The van der Waals surface area contributed by atoms with E-state index in [4.69, 9.17) is 0 Å². The Hall–Kier alpha value is -2.35. The van der Waals surface area contributed by atoms with Gasteiger partial charge in [0.1, 0.15) is 11.6 Å². The van der Waals surface area contributed by atoms with E-state index in [9.17, 15) is 13.6 Å². The average Bonchev–Trinajstić information content (AvgIpc) is 3.16. The van der Waals surface area contributed by atoms with Crippen molar-refractivity contribution in [2.75, 3.05) is 26.2 Å². The molecule has 8 heteroatoms. The first-order valence-corrected chi connectivity index (χ1v) is 9.39. The highest BCUT2D eigenvalue weighted by Crippen LogP contribution is 2.24. The Balaban J connectivity index is 1.69. The van der Waals surface area contributed by atoms with Crippen LogP contribution >= 0.6 is 0 Å². The van der Waals surface area contributed by atoms with Crippen LogP contribution in [0.1, 0.15) is 48.8 Å². The molecule has 0 bridgehead atoms. The number of hydrogen-bond donors (Lipinski definition) is 0. The van der Waals surface area contributed by atoms with Gasteiger partial charge in [-0.15, -0.1) is 5.10 Å². The van der Waals surface area contributed by atoms with E-state index >= 15 is 0 Å². The molecule has 0 saturated carbocycles. The number of likely N-dealkylation sites (tertiary alicyclic amines) is 1. The van der Waals surface area contributed by atoms with Gasteiger partial charge in [0.2, 0.25) is 0 Å². The number of nitrogens with zero attached hydrogens (tertiary/aromatic N) is 5. The summed E-state index contributed by atoms with van der Waals surface area (Å²) in [5.41, 5.74) is 0.421. The summed E-state index contributed by atoms with van der Waals surface area (Å²) in [5.74, 6) is -1.18. The van der Waals surface area contributed by atoms with Crippen LogP contribution in [0.4, 0.5) is 8.78 Å². The second-order valence-corrected chi connectivity index (χ2v) is 6.79. The molecule has 1 saturated heterocycles. The summed E-state index contributed by atoms with van der Waals surface area (Å²) in [4.78, 5) is 16.1. The molecule has 1 aromatic carbocycles. The fourth-order valence-electron chi connectivity index (χ4n) is 3.52. The number of aromatic nitrogens is 3. The summed E-state index contributed by atoms with van der Waals surface area (Å²) in [6.45, 7) is 6.68. The predicted molar refractivity (Wildman–Crippen MR) is 97.2 cm³/mol.